The Morgan fingerprint density at radius 2 is 1.31 bits per heavy atom. The summed E-state index contributed by atoms with van der Waals surface area (Å²) in [4.78, 5) is 28.2. The van der Waals surface area contributed by atoms with Gasteiger partial charge in [0.15, 0.2) is 0 Å². The maximum atomic E-state index is 13.5. The van der Waals surface area contributed by atoms with Gasteiger partial charge in [0, 0.05) is 44.5 Å². The lowest BCUT2D eigenvalue weighted by molar-refractivity contribution is -0.118. The lowest BCUT2D eigenvalue weighted by Gasteiger charge is -2.39. The van der Waals surface area contributed by atoms with Gasteiger partial charge in [-0.25, -0.2) is 8.78 Å². The molecule has 0 atom stereocenters. The van der Waals surface area contributed by atoms with Crippen LogP contribution in [0.2, 0.25) is 0 Å². The van der Waals surface area contributed by atoms with Crippen molar-refractivity contribution in [2.75, 3.05) is 43.4 Å². The molecule has 0 saturated carbocycles. The van der Waals surface area contributed by atoms with Crippen molar-refractivity contribution in [3.8, 4) is 0 Å². The number of halogens is 2. The number of anilines is 2. The largest absolute Gasteiger partial charge is 0.326 e. The lowest BCUT2D eigenvalue weighted by atomic mass is 9.96. The smallest absolute Gasteiger partial charge is 0.238 e. The van der Waals surface area contributed by atoms with E-state index in [1.165, 1.54) is 31.2 Å². The summed E-state index contributed by atoms with van der Waals surface area (Å²) in [6.45, 7) is 4.43. The van der Waals surface area contributed by atoms with Crippen LogP contribution in [0.1, 0.15) is 24.1 Å². The number of rotatable bonds is 7. The summed E-state index contributed by atoms with van der Waals surface area (Å²) in [5.41, 5.74) is 3.11. The zero-order valence-electron chi connectivity index (χ0n) is 19.5. The van der Waals surface area contributed by atoms with E-state index >= 15 is 0 Å². The number of amides is 2. The first kappa shape index (κ1) is 24.5. The second-order valence-corrected chi connectivity index (χ2v) is 8.63. The summed E-state index contributed by atoms with van der Waals surface area (Å²) in [5, 5.41) is 5.58. The molecule has 1 fully saturated rings. The van der Waals surface area contributed by atoms with E-state index in [4.69, 9.17) is 0 Å². The molecule has 3 aromatic rings. The van der Waals surface area contributed by atoms with Crippen LogP contribution in [0.4, 0.5) is 20.2 Å². The fraction of sp³-hybridized carbons (Fsp3) is 0.259. The van der Waals surface area contributed by atoms with E-state index in [1.54, 1.807) is 48.5 Å². The van der Waals surface area contributed by atoms with Crippen LogP contribution in [0.5, 0.6) is 0 Å². The third-order valence-electron chi connectivity index (χ3n) is 5.98. The lowest BCUT2D eigenvalue weighted by Crippen LogP contribution is -2.49. The van der Waals surface area contributed by atoms with Gasteiger partial charge in [0.05, 0.1) is 12.6 Å². The van der Waals surface area contributed by atoms with Gasteiger partial charge in [0.25, 0.3) is 0 Å². The molecule has 35 heavy (non-hydrogen) atoms. The second kappa shape index (κ2) is 11.2. The Kier molecular flexibility index (Phi) is 7.84. The van der Waals surface area contributed by atoms with E-state index in [-0.39, 0.29) is 36.0 Å². The topological polar surface area (TPSA) is 64.7 Å². The molecule has 2 N–H and O–H groups in total. The maximum absolute atomic E-state index is 13.5. The van der Waals surface area contributed by atoms with Gasteiger partial charge in [-0.2, -0.15) is 0 Å². The van der Waals surface area contributed by atoms with Gasteiger partial charge in [-0.3, -0.25) is 19.4 Å². The first-order valence-corrected chi connectivity index (χ1v) is 11.5. The number of benzene rings is 3. The molecule has 1 saturated heterocycles. The van der Waals surface area contributed by atoms with Gasteiger partial charge in [0.1, 0.15) is 11.6 Å². The van der Waals surface area contributed by atoms with Crippen molar-refractivity contribution >= 4 is 23.2 Å². The van der Waals surface area contributed by atoms with E-state index < -0.39 is 0 Å². The molecule has 6 nitrogen and oxygen atoms in total. The maximum Gasteiger partial charge on any atom is 0.238 e. The Morgan fingerprint density at radius 3 is 1.83 bits per heavy atom. The molecule has 3 aromatic carbocycles. The summed E-state index contributed by atoms with van der Waals surface area (Å²) < 4.78 is 27.1. The molecule has 0 aromatic heterocycles. The van der Waals surface area contributed by atoms with Gasteiger partial charge in [0.2, 0.25) is 11.8 Å². The second-order valence-electron chi connectivity index (χ2n) is 8.63. The normalized spacial score (nSPS) is 14.6. The zero-order chi connectivity index (χ0) is 24.8. The van der Waals surface area contributed by atoms with Gasteiger partial charge >= 0.3 is 0 Å². The molecule has 4 rings (SSSR count). The Labute approximate surface area is 203 Å². The van der Waals surface area contributed by atoms with Crippen molar-refractivity contribution in [2.24, 2.45) is 0 Å². The molecular weight excluding hydrogens is 450 g/mol. The molecule has 0 bridgehead atoms. The molecule has 1 aliphatic heterocycles. The van der Waals surface area contributed by atoms with Crippen LogP contribution < -0.4 is 10.6 Å². The molecule has 1 aliphatic rings. The third-order valence-corrected chi connectivity index (χ3v) is 5.98. The highest BCUT2D eigenvalue weighted by molar-refractivity contribution is 5.94. The molecule has 0 radical (unpaired) electrons. The molecule has 0 aliphatic carbocycles. The number of nitrogens with zero attached hydrogens (tertiary/aromatic N) is 2. The van der Waals surface area contributed by atoms with Crippen LogP contribution in [0.15, 0.2) is 72.8 Å². The molecule has 8 heteroatoms. The average molecular weight is 479 g/mol. The number of hydrogen-bond acceptors (Lipinski definition) is 4. The minimum atomic E-state index is -0.301. The monoisotopic (exact) mass is 478 g/mol. The van der Waals surface area contributed by atoms with Crippen LogP contribution in [0.25, 0.3) is 0 Å². The van der Waals surface area contributed by atoms with Crippen molar-refractivity contribution in [3.05, 3.63) is 95.6 Å². The third kappa shape index (κ3) is 6.71. The molecule has 0 unspecified atom stereocenters. The summed E-state index contributed by atoms with van der Waals surface area (Å²) in [5.74, 6) is -0.909. The van der Waals surface area contributed by atoms with Crippen LogP contribution >= 0.6 is 0 Å². The average Bonchev–Trinajstić information content (AvgIpc) is 2.82. The highest BCUT2D eigenvalue weighted by Gasteiger charge is 2.27. The fourth-order valence-electron chi connectivity index (χ4n) is 4.37. The van der Waals surface area contributed by atoms with Gasteiger partial charge in [-0.15, -0.1) is 0 Å². The van der Waals surface area contributed by atoms with E-state index in [2.05, 4.69) is 20.4 Å². The van der Waals surface area contributed by atoms with Crippen molar-refractivity contribution < 1.29 is 18.4 Å². The van der Waals surface area contributed by atoms with Crippen molar-refractivity contribution in [1.29, 1.82) is 0 Å². The van der Waals surface area contributed by atoms with Crippen LogP contribution in [0, 0.1) is 11.6 Å². The van der Waals surface area contributed by atoms with E-state index in [0.717, 1.165) is 11.1 Å². The first-order chi connectivity index (χ1) is 16.9. The standard InChI is InChI=1S/C27H28F2N4O2/c1-19(34)30-24-3-2-4-25(17-24)31-26(35)18-32-13-15-33(16-14-32)27(20-5-9-22(28)10-6-20)21-7-11-23(29)12-8-21/h2-12,17,27H,13-16,18H2,1H3,(H,30,34)(H,31,35). The van der Waals surface area contributed by atoms with Gasteiger partial charge in [-0.1, -0.05) is 30.3 Å². The highest BCUT2D eigenvalue weighted by Crippen LogP contribution is 2.30. The fourth-order valence-corrected chi connectivity index (χ4v) is 4.37. The summed E-state index contributed by atoms with van der Waals surface area (Å²) in [6.07, 6.45) is 0. The minimum Gasteiger partial charge on any atom is -0.326 e. The Bertz CT molecular complexity index is 1120. The number of piperazine rings is 1. The zero-order valence-corrected chi connectivity index (χ0v) is 19.5. The van der Waals surface area contributed by atoms with Crippen LogP contribution in [0.3, 0.4) is 0 Å². The minimum absolute atomic E-state index is 0.132. The van der Waals surface area contributed by atoms with Crippen LogP contribution in [-0.4, -0.2) is 54.3 Å². The Morgan fingerprint density at radius 1 is 0.800 bits per heavy atom. The highest BCUT2D eigenvalue weighted by atomic mass is 19.1. The number of carbonyl (C=O) groups excluding carboxylic acids is 2. The first-order valence-electron chi connectivity index (χ1n) is 11.5. The molecule has 182 valence electrons. The van der Waals surface area contributed by atoms with E-state index in [1.807, 2.05) is 0 Å². The number of nitrogens with one attached hydrogen (secondary N) is 2. The SMILES string of the molecule is CC(=O)Nc1cccc(NC(=O)CN2CCN(C(c3ccc(F)cc3)c3ccc(F)cc3)CC2)c1. The van der Waals surface area contributed by atoms with Crippen molar-refractivity contribution in [3.63, 3.8) is 0 Å². The Hall–Kier alpha value is -3.62. The predicted octanol–water partition coefficient (Wildman–Crippen LogP) is 4.27. The summed E-state index contributed by atoms with van der Waals surface area (Å²) in [6, 6.07) is 19.7. The number of hydrogen-bond donors (Lipinski definition) is 2. The van der Waals surface area contributed by atoms with Crippen LogP contribution in [-0.2, 0) is 9.59 Å². The quantitative estimate of drug-likeness (QED) is 0.533. The predicted molar refractivity (Wildman–Crippen MR) is 132 cm³/mol. The summed E-state index contributed by atoms with van der Waals surface area (Å²) in [7, 11) is 0. The van der Waals surface area contributed by atoms with Gasteiger partial charge < -0.3 is 10.6 Å². The number of carbonyl (C=O) groups is 2. The summed E-state index contributed by atoms with van der Waals surface area (Å²) >= 11 is 0. The molecule has 2 amide bonds. The van der Waals surface area contributed by atoms with Crippen molar-refractivity contribution in [1.82, 2.24) is 9.80 Å². The molecule has 0 spiro atoms. The Balaban J connectivity index is 1.38. The molecule has 1 heterocycles. The van der Waals surface area contributed by atoms with Gasteiger partial charge in [-0.05, 0) is 53.6 Å². The molecular formula is C27H28F2N4O2. The van der Waals surface area contributed by atoms with Crippen molar-refractivity contribution in [2.45, 2.75) is 13.0 Å². The van der Waals surface area contributed by atoms with E-state index in [9.17, 15) is 18.4 Å². The van der Waals surface area contributed by atoms with E-state index in [0.29, 0.717) is 37.6 Å².